The highest BCUT2D eigenvalue weighted by molar-refractivity contribution is 5.88. The van der Waals surface area contributed by atoms with Crippen molar-refractivity contribution in [2.75, 3.05) is 12.1 Å². The number of aromatic nitrogens is 2. The third-order valence-corrected chi connectivity index (χ3v) is 2.76. The first-order valence-electron chi connectivity index (χ1n) is 5.59. The summed E-state index contributed by atoms with van der Waals surface area (Å²) in [6, 6.07) is 8.68. The second-order valence-corrected chi connectivity index (χ2v) is 4.19. The van der Waals surface area contributed by atoms with E-state index in [1.54, 1.807) is 29.1 Å². The third kappa shape index (κ3) is 2.20. The van der Waals surface area contributed by atoms with Gasteiger partial charge in [0.2, 0.25) is 0 Å². The minimum atomic E-state index is -0.921. The van der Waals surface area contributed by atoms with Crippen molar-refractivity contribution in [2.24, 2.45) is 0 Å². The fraction of sp³-hybridized carbons (Fsp3) is 0.231. The Kier molecular flexibility index (Phi) is 3.06. The first-order valence-corrected chi connectivity index (χ1v) is 5.59. The zero-order valence-corrected chi connectivity index (χ0v) is 10.6. The van der Waals surface area contributed by atoms with Crippen LogP contribution in [-0.4, -0.2) is 28.0 Å². The molecule has 0 fully saturated rings. The van der Waals surface area contributed by atoms with E-state index in [4.69, 9.17) is 5.11 Å². The fourth-order valence-corrected chi connectivity index (χ4v) is 1.85. The molecule has 1 N–H and O–H groups in total. The van der Waals surface area contributed by atoms with Gasteiger partial charge in [-0.25, -0.2) is 4.79 Å². The molecule has 1 heterocycles. The highest BCUT2D eigenvalue weighted by Crippen LogP contribution is 2.16. The number of carboxylic acid groups (broad SMARTS) is 1. The highest BCUT2D eigenvalue weighted by Gasteiger charge is 2.09. The monoisotopic (exact) mass is 245 g/mol. The van der Waals surface area contributed by atoms with E-state index in [9.17, 15) is 4.79 Å². The molecule has 18 heavy (non-hydrogen) atoms. The Balaban J connectivity index is 2.31. The fourth-order valence-electron chi connectivity index (χ4n) is 1.85. The summed E-state index contributed by atoms with van der Waals surface area (Å²) in [5, 5.41) is 15.1. The van der Waals surface area contributed by atoms with Crippen molar-refractivity contribution in [3.05, 3.63) is 47.3 Å². The second-order valence-electron chi connectivity index (χ2n) is 4.19. The average molecular weight is 245 g/mol. The van der Waals surface area contributed by atoms with Crippen LogP contribution in [0.1, 0.15) is 21.7 Å². The molecule has 94 valence electrons. The number of anilines is 1. The van der Waals surface area contributed by atoms with Crippen molar-refractivity contribution in [1.29, 1.82) is 0 Å². The predicted octanol–water partition coefficient (Wildman–Crippen LogP) is 2.10. The van der Waals surface area contributed by atoms with Crippen molar-refractivity contribution < 1.29 is 9.90 Å². The molecule has 2 rings (SSSR count). The summed E-state index contributed by atoms with van der Waals surface area (Å²) in [4.78, 5) is 12.6. The molecular formula is C13H15N3O2. The summed E-state index contributed by atoms with van der Waals surface area (Å²) in [6.07, 6.45) is 0. The third-order valence-electron chi connectivity index (χ3n) is 2.76. The van der Waals surface area contributed by atoms with E-state index < -0.39 is 5.97 Å². The van der Waals surface area contributed by atoms with Crippen LogP contribution in [0.5, 0.6) is 0 Å². The Hall–Kier alpha value is -2.30. The largest absolute Gasteiger partial charge is 0.478 e. The van der Waals surface area contributed by atoms with Gasteiger partial charge in [0.1, 0.15) is 0 Å². The first-order chi connectivity index (χ1) is 8.49. The van der Waals surface area contributed by atoms with Crippen LogP contribution in [-0.2, 0) is 0 Å². The summed E-state index contributed by atoms with van der Waals surface area (Å²) < 4.78 is 0. The molecule has 0 aliphatic heterocycles. The van der Waals surface area contributed by atoms with Crippen molar-refractivity contribution in [1.82, 2.24) is 9.89 Å². The van der Waals surface area contributed by atoms with E-state index >= 15 is 0 Å². The number of rotatable bonds is 3. The SMILES string of the molecule is Cc1cc(C)n(N(C)c2ccc(C(=O)O)cc2)n1. The van der Waals surface area contributed by atoms with Crippen LogP contribution in [0.4, 0.5) is 5.69 Å². The molecule has 0 spiro atoms. The number of carbonyl (C=O) groups is 1. The van der Waals surface area contributed by atoms with Gasteiger partial charge in [-0.3, -0.25) is 5.01 Å². The molecule has 0 saturated carbocycles. The van der Waals surface area contributed by atoms with Crippen LogP contribution >= 0.6 is 0 Å². The van der Waals surface area contributed by atoms with Gasteiger partial charge in [-0.2, -0.15) is 9.89 Å². The van der Waals surface area contributed by atoms with Gasteiger partial charge in [-0.15, -0.1) is 0 Å². The molecule has 0 atom stereocenters. The molecule has 0 aliphatic carbocycles. The Labute approximate surface area is 105 Å². The Morgan fingerprint density at radius 1 is 1.28 bits per heavy atom. The lowest BCUT2D eigenvalue weighted by molar-refractivity contribution is 0.0697. The van der Waals surface area contributed by atoms with Crippen molar-refractivity contribution in [2.45, 2.75) is 13.8 Å². The minimum absolute atomic E-state index is 0.278. The number of nitrogens with zero attached hydrogens (tertiary/aromatic N) is 3. The van der Waals surface area contributed by atoms with Gasteiger partial charge in [-0.1, -0.05) is 0 Å². The lowest BCUT2D eigenvalue weighted by Crippen LogP contribution is -2.27. The van der Waals surface area contributed by atoms with Crippen molar-refractivity contribution >= 4 is 11.7 Å². The van der Waals surface area contributed by atoms with Gasteiger partial charge in [0.15, 0.2) is 0 Å². The van der Waals surface area contributed by atoms with E-state index in [0.717, 1.165) is 17.1 Å². The van der Waals surface area contributed by atoms with Gasteiger partial charge in [0, 0.05) is 7.05 Å². The number of carboxylic acids is 1. The van der Waals surface area contributed by atoms with Crippen LogP contribution < -0.4 is 5.01 Å². The van der Waals surface area contributed by atoms with E-state index in [-0.39, 0.29) is 5.56 Å². The highest BCUT2D eigenvalue weighted by atomic mass is 16.4. The molecule has 2 aromatic rings. The standard InChI is InChI=1S/C13H15N3O2/c1-9-8-10(2)16(14-9)15(3)12-6-4-11(5-7-12)13(17)18/h4-8H,1-3H3,(H,17,18). The lowest BCUT2D eigenvalue weighted by Gasteiger charge is -2.20. The Morgan fingerprint density at radius 2 is 1.89 bits per heavy atom. The van der Waals surface area contributed by atoms with E-state index in [2.05, 4.69) is 5.10 Å². The maximum Gasteiger partial charge on any atom is 0.335 e. The maximum absolute atomic E-state index is 10.8. The number of aryl methyl sites for hydroxylation is 2. The molecule has 1 aromatic heterocycles. The lowest BCUT2D eigenvalue weighted by atomic mass is 10.2. The second kappa shape index (κ2) is 4.52. The molecule has 0 aliphatic rings. The smallest absolute Gasteiger partial charge is 0.335 e. The Morgan fingerprint density at radius 3 is 2.33 bits per heavy atom. The van der Waals surface area contributed by atoms with Crippen LogP contribution in [0.2, 0.25) is 0 Å². The average Bonchev–Trinajstić information content (AvgIpc) is 2.67. The molecule has 0 amide bonds. The maximum atomic E-state index is 10.8. The molecular weight excluding hydrogens is 230 g/mol. The van der Waals surface area contributed by atoms with E-state index in [1.807, 2.05) is 32.0 Å². The number of hydrogen-bond donors (Lipinski definition) is 1. The summed E-state index contributed by atoms with van der Waals surface area (Å²) in [5.74, 6) is -0.921. The number of aromatic carboxylic acids is 1. The molecule has 1 aromatic carbocycles. The summed E-state index contributed by atoms with van der Waals surface area (Å²) in [5.41, 5.74) is 3.13. The van der Waals surface area contributed by atoms with Crippen molar-refractivity contribution in [3.63, 3.8) is 0 Å². The van der Waals surface area contributed by atoms with Gasteiger partial charge in [-0.05, 0) is 44.2 Å². The summed E-state index contributed by atoms with van der Waals surface area (Å²) in [6.45, 7) is 3.91. The Bertz CT molecular complexity index is 572. The van der Waals surface area contributed by atoms with Crippen molar-refractivity contribution in [3.8, 4) is 0 Å². The number of benzene rings is 1. The van der Waals surface area contributed by atoms with Gasteiger partial charge < -0.3 is 5.11 Å². The molecule has 5 heteroatoms. The topological polar surface area (TPSA) is 58.4 Å². The van der Waals surface area contributed by atoms with E-state index in [0.29, 0.717) is 0 Å². The predicted molar refractivity (Wildman–Crippen MR) is 68.9 cm³/mol. The van der Waals surface area contributed by atoms with Gasteiger partial charge in [0.05, 0.1) is 22.6 Å². The van der Waals surface area contributed by atoms with E-state index in [1.165, 1.54) is 0 Å². The van der Waals surface area contributed by atoms with Gasteiger partial charge in [0.25, 0.3) is 0 Å². The summed E-state index contributed by atoms with van der Waals surface area (Å²) in [7, 11) is 1.88. The number of hydrogen-bond acceptors (Lipinski definition) is 3. The van der Waals surface area contributed by atoms with Crippen LogP contribution in [0, 0.1) is 13.8 Å². The van der Waals surface area contributed by atoms with Crippen LogP contribution in [0.3, 0.4) is 0 Å². The summed E-state index contributed by atoms with van der Waals surface area (Å²) >= 11 is 0. The molecule has 0 unspecified atom stereocenters. The van der Waals surface area contributed by atoms with Gasteiger partial charge >= 0.3 is 5.97 Å². The molecule has 5 nitrogen and oxygen atoms in total. The van der Waals surface area contributed by atoms with Crippen LogP contribution in [0.25, 0.3) is 0 Å². The quantitative estimate of drug-likeness (QED) is 0.899. The molecule has 0 saturated heterocycles. The zero-order valence-electron chi connectivity index (χ0n) is 10.6. The van der Waals surface area contributed by atoms with Crippen LogP contribution in [0.15, 0.2) is 30.3 Å². The zero-order chi connectivity index (χ0) is 13.3. The molecule has 0 bridgehead atoms. The first kappa shape index (κ1) is 12.2. The normalized spacial score (nSPS) is 10.4. The minimum Gasteiger partial charge on any atom is -0.478 e. The molecule has 0 radical (unpaired) electrons.